The molecule has 0 aliphatic rings. The number of likely N-dealkylation sites (N-methyl/N-ethyl adjacent to an activating group) is 1. The fraction of sp³-hybridized carbons (Fsp3) is 0.654. The first-order chi connectivity index (χ1) is 17.5. The van der Waals surface area contributed by atoms with E-state index < -0.39 is 76.2 Å². The highest BCUT2D eigenvalue weighted by atomic mass is 19.2. The molecule has 0 aliphatic heterocycles. The molecule has 0 bridgehead atoms. The first-order valence-electron chi connectivity index (χ1n) is 12.5. The Balaban J connectivity index is 2.78. The van der Waals surface area contributed by atoms with E-state index in [1.165, 1.54) is 7.05 Å². The molecule has 0 saturated carbocycles. The number of rotatable bonds is 14. The minimum Gasteiger partial charge on any atom is -0.479 e. The number of benzene rings is 1. The number of amides is 2. The number of carbonyl (C=O) groups is 3. The van der Waals surface area contributed by atoms with E-state index in [0.29, 0.717) is 38.6 Å². The van der Waals surface area contributed by atoms with Crippen molar-refractivity contribution in [3.8, 4) is 5.75 Å². The van der Waals surface area contributed by atoms with Crippen molar-refractivity contribution in [2.24, 2.45) is 0 Å². The van der Waals surface area contributed by atoms with Crippen LogP contribution in [0.15, 0.2) is 0 Å². The predicted molar refractivity (Wildman–Crippen MR) is 134 cm³/mol. The molecule has 12 heteroatoms. The van der Waals surface area contributed by atoms with Gasteiger partial charge >= 0.3 is 6.09 Å². The van der Waals surface area contributed by atoms with Crippen LogP contribution in [0.25, 0.3) is 0 Å². The van der Waals surface area contributed by atoms with Crippen LogP contribution >= 0.6 is 0 Å². The third-order valence-corrected chi connectivity index (χ3v) is 5.46. The topological polar surface area (TPSA) is 106 Å². The number of hydrogen-bond donors (Lipinski definition) is 3. The second kappa shape index (κ2) is 14.3. The summed E-state index contributed by atoms with van der Waals surface area (Å²) in [6, 6.07) is -0.775. The molecule has 8 nitrogen and oxygen atoms in total. The van der Waals surface area contributed by atoms with Crippen LogP contribution in [0, 0.1) is 23.3 Å². The average molecular weight is 550 g/mol. The largest absolute Gasteiger partial charge is 0.479 e. The normalized spacial score (nSPS) is 12.6. The van der Waals surface area contributed by atoms with E-state index in [0.717, 1.165) is 0 Å². The Hall–Kier alpha value is -2.89. The van der Waals surface area contributed by atoms with E-state index in [1.807, 2.05) is 6.92 Å². The van der Waals surface area contributed by atoms with Gasteiger partial charge in [-0.2, -0.15) is 8.78 Å². The van der Waals surface area contributed by atoms with Crippen molar-refractivity contribution >= 4 is 17.8 Å². The predicted octanol–water partition coefficient (Wildman–Crippen LogP) is 4.78. The van der Waals surface area contributed by atoms with Crippen molar-refractivity contribution in [1.29, 1.82) is 0 Å². The van der Waals surface area contributed by atoms with Crippen molar-refractivity contribution in [1.82, 2.24) is 16.0 Å². The summed E-state index contributed by atoms with van der Waals surface area (Å²) < 4.78 is 68.3. The van der Waals surface area contributed by atoms with Crippen molar-refractivity contribution in [2.75, 3.05) is 20.2 Å². The van der Waals surface area contributed by atoms with Gasteiger partial charge in [-0.05, 0) is 67.3 Å². The lowest BCUT2D eigenvalue weighted by molar-refractivity contribution is -0.123. The number of unbranched alkanes of at least 4 members (excludes halogenated alkanes) is 1. The van der Waals surface area contributed by atoms with Crippen LogP contribution in [-0.4, -0.2) is 55.2 Å². The van der Waals surface area contributed by atoms with Crippen LogP contribution in [-0.2, 0) is 9.53 Å². The molecule has 1 atom stereocenters. The van der Waals surface area contributed by atoms with Gasteiger partial charge in [0.1, 0.15) is 17.8 Å². The molecule has 0 radical (unpaired) electrons. The highest BCUT2D eigenvalue weighted by Crippen LogP contribution is 2.30. The Morgan fingerprint density at radius 1 is 0.921 bits per heavy atom. The monoisotopic (exact) mass is 549 g/mol. The van der Waals surface area contributed by atoms with Crippen LogP contribution in [0.2, 0.25) is 0 Å². The Morgan fingerprint density at radius 2 is 1.50 bits per heavy atom. The minimum absolute atomic E-state index is 0.301. The summed E-state index contributed by atoms with van der Waals surface area (Å²) in [5, 5.41) is 7.69. The Labute approximate surface area is 221 Å². The Bertz CT molecular complexity index is 967. The Kier molecular flexibility index (Phi) is 12.5. The summed E-state index contributed by atoms with van der Waals surface area (Å²) in [6.07, 6.45) is 1.86. The molecular weight excluding hydrogens is 510 g/mol. The molecule has 1 unspecified atom stereocenters. The maximum Gasteiger partial charge on any atom is 0.407 e. The zero-order chi connectivity index (χ0) is 29.3. The number of nitrogens with one attached hydrogen (secondary N) is 3. The SMILES string of the molecule is CCCC(C)(C)NC(=O)c1c(F)c(F)c(OCC(=O)C(CCCCNC(=O)OC(C)(C)C)NC)c(F)c1F. The molecule has 0 saturated heterocycles. The van der Waals surface area contributed by atoms with Gasteiger partial charge in [-0.3, -0.25) is 9.59 Å². The summed E-state index contributed by atoms with van der Waals surface area (Å²) in [7, 11) is 1.50. The van der Waals surface area contributed by atoms with Crippen LogP contribution in [0.3, 0.4) is 0 Å². The number of ether oxygens (including phenoxy) is 2. The lowest BCUT2D eigenvalue weighted by atomic mass is 9.98. The van der Waals surface area contributed by atoms with Crippen molar-refractivity contribution in [3.63, 3.8) is 0 Å². The van der Waals surface area contributed by atoms with Gasteiger partial charge in [-0.25, -0.2) is 13.6 Å². The molecule has 1 aromatic carbocycles. The third kappa shape index (κ3) is 10.1. The molecule has 1 aromatic rings. The fourth-order valence-corrected chi connectivity index (χ4v) is 3.68. The standard InChI is InChI=1S/C26H39F4N3O5/c1-8-12-26(5,6)33-23(35)17-18(27)20(29)22(21(30)19(17)28)37-14-16(34)15(31-7)11-9-10-13-32-24(36)38-25(2,3)4/h15,31H,8-14H2,1-7H3,(H,32,36)(H,33,35). The fourth-order valence-electron chi connectivity index (χ4n) is 3.68. The highest BCUT2D eigenvalue weighted by Gasteiger charge is 2.33. The molecular formula is C26H39F4N3O5. The van der Waals surface area contributed by atoms with E-state index in [4.69, 9.17) is 9.47 Å². The summed E-state index contributed by atoms with van der Waals surface area (Å²) >= 11 is 0. The van der Waals surface area contributed by atoms with Gasteiger partial charge in [-0.15, -0.1) is 0 Å². The van der Waals surface area contributed by atoms with Gasteiger partial charge in [0.05, 0.1) is 6.04 Å². The smallest absolute Gasteiger partial charge is 0.407 e. The van der Waals surface area contributed by atoms with Crippen molar-refractivity contribution < 1.29 is 41.4 Å². The average Bonchev–Trinajstić information content (AvgIpc) is 2.78. The second-order valence-corrected chi connectivity index (χ2v) is 10.6. The molecule has 1 rings (SSSR count). The zero-order valence-electron chi connectivity index (χ0n) is 23.1. The Morgan fingerprint density at radius 3 is 2.00 bits per heavy atom. The first kappa shape index (κ1) is 33.1. The van der Waals surface area contributed by atoms with Crippen LogP contribution in [0.1, 0.15) is 84.0 Å². The summed E-state index contributed by atoms with van der Waals surface area (Å²) in [5.41, 5.74) is -2.90. The quantitative estimate of drug-likeness (QED) is 0.175. The van der Waals surface area contributed by atoms with Gasteiger partial charge in [-0.1, -0.05) is 13.3 Å². The van der Waals surface area contributed by atoms with Crippen LogP contribution in [0.5, 0.6) is 5.75 Å². The number of carbonyl (C=O) groups excluding carboxylic acids is 3. The molecule has 0 spiro atoms. The van der Waals surface area contributed by atoms with Crippen LogP contribution in [0.4, 0.5) is 22.4 Å². The van der Waals surface area contributed by atoms with Crippen LogP contribution < -0.4 is 20.7 Å². The first-order valence-corrected chi connectivity index (χ1v) is 12.5. The summed E-state index contributed by atoms with van der Waals surface area (Å²) in [5.74, 6) is -11.0. The molecule has 2 amide bonds. The molecule has 3 N–H and O–H groups in total. The lowest BCUT2D eigenvalue weighted by Gasteiger charge is -2.26. The van der Waals surface area contributed by atoms with Crippen molar-refractivity contribution in [2.45, 2.75) is 90.8 Å². The second-order valence-electron chi connectivity index (χ2n) is 10.6. The summed E-state index contributed by atoms with van der Waals surface area (Å²) in [6.45, 7) is 9.69. The molecule has 216 valence electrons. The van der Waals surface area contributed by atoms with Crippen molar-refractivity contribution in [3.05, 3.63) is 28.8 Å². The van der Waals surface area contributed by atoms with E-state index in [2.05, 4.69) is 16.0 Å². The molecule has 0 aromatic heterocycles. The zero-order valence-corrected chi connectivity index (χ0v) is 23.1. The van der Waals surface area contributed by atoms with Gasteiger partial charge in [0.15, 0.2) is 23.2 Å². The molecule has 0 fully saturated rings. The van der Waals surface area contributed by atoms with E-state index in [1.54, 1.807) is 34.6 Å². The van der Waals surface area contributed by atoms with E-state index in [-0.39, 0.29) is 0 Å². The summed E-state index contributed by atoms with van der Waals surface area (Å²) in [4.78, 5) is 36.5. The number of Topliss-reactive ketones (excluding diaryl/α,β-unsaturated/α-hetero) is 1. The van der Waals surface area contributed by atoms with Gasteiger partial charge in [0, 0.05) is 12.1 Å². The molecule has 38 heavy (non-hydrogen) atoms. The van der Waals surface area contributed by atoms with E-state index in [9.17, 15) is 31.9 Å². The number of alkyl carbamates (subject to hydrolysis) is 1. The van der Waals surface area contributed by atoms with Gasteiger partial charge in [0.2, 0.25) is 11.6 Å². The number of hydrogen-bond acceptors (Lipinski definition) is 6. The molecule has 0 aliphatic carbocycles. The maximum atomic E-state index is 14.6. The highest BCUT2D eigenvalue weighted by molar-refractivity contribution is 5.95. The maximum absolute atomic E-state index is 14.6. The third-order valence-electron chi connectivity index (χ3n) is 5.46. The van der Waals surface area contributed by atoms with Gasteiger partial charge in [0.25, 0.3) is 5.91 Å². The number of ketones is 1. The lowest BCUT2D eigenvalue weighted by Crippen LogP contribution is -2.44. The minimum atomic E-state index is -1.92. The van der Waals surface area contributed by atoms with E-state index >= 15 is 0 Å². The number of halogens is 4. The van der Waals surface area contributed by atoms with Gasteiger partial charge < -0.3 is 25.4 Å². The molecule has 0 heterocycles.